The molecule has 1 rings (SSSR count). The van der Waals surface area contributed by atoms with Crippen LogP contribution in [0.1, 0.15) is 39.5 Å². The number of alkyl halides is 3. The molecule has 0 N–H and O–H groups in total. The second-order valence-electron chi connectivity index (χ2n) is 4.20. The van der Waals surface area contributed by atoms with Gasteiger partial charge >= 0.3 is 0 Å². The molecule has 0 aromatic carbocycles. The number of hydrogen-bond acceptors (Lipinski definition) is 0. The van der Waals surface area contributed by atoms with Gasteiger partial charge in [0.15, 0.2) is 3.79 Å². The zero-order valence-electron chi connectivity index (χ0n) is 8.62. The van der Waals surface area contributed by atoms with Gasteiger partial charge < -0.3 is 0 Å². The fourth-order valence-electron chi connectivity index (χ4n) is 1.83. The van der Waals surface area contributed by atoms with Crippen molar-refractivity contribution in [3.63, 3.8) is 0 Å². The molecule has 1 atom stereocenters. The summed E-state index contributed by atoms with van der Waals surface area (Å²) < 4.78 is -1.12. The van der Waals surface area contributed by atoms with Crippen LogP contribution in [0.2, 0.25) is 0 Å². The maximum atomic E-state index is 5.75. The third-order valence-electron chi connectivity index (χ3n) is 2.75. The minimum absolute atomic E-state index is 0.577. The van der Waals surface area contributed by atoms with Gasteiger partial charge in [0.2, 0.25) is 0 Å². The third-order valence-corrected chi connectivity index (χ3v) is 3.15. The van der Waals surface area contributed by atoms with Crippen molar-refractivity contribution in [3.8, 4) is 0 Å². The van der Waals surface area contributed by atoms with Crippen LogP contribution in [-0.2, 0) is 0 Å². The van der Waals surface area contributed by atoms with E-state index in [-0.39, 0.29) is 0 Å². The average molecular weight is 255 g/mol. The van der Waals surface area contributed by atoms with Gasteiger partial charge in [-0.15, -0.1) is 0 Å². The van der Waals surface area contributed by atoms with E-state index >= 15 is 0 Å². The van der Waals surface area contributed by atoms with Gasteiger partial charge in [-0.2, -0.15) is 0 Å². The first kappa shape index (κ1) is 12.7. The van der Waals surface area contributed by atoms with Gasteiger partial charge in [0.1, 0.15) is 0 Å². The number of rotatable bonds is 2. The van der Waals surface area contributed by atoms with Crippen molar-refractivity contribution in [1.29, 1.82) is 0 Å². The Balaban J connectivity index is 2.45. The molecule has 3 heteroatoms. The normalized spacial score (nSPS) is 23.9. The van der Waals surface area contributed by atoms with Crippen LogP contribution in [0, 0.1) is 11.8 Å². The van der Waals surface area contributed by atoms with Crippen LogP contribution < -0.4 is 0 Å². The van der Waals surface area contributed by atoms with Crippen molar-refractivity contribution in [1.82, 2.24) is 0 Å². The van der Waals surface area contributed by atoms with Gasteiger partial charge in [-0.1, -0.05) is 60.3 Å². The Hall–Kier alpha value is 0.610. The lowest BCUT2D eigenvalue weighted by Crippen LogP contribution is -2.13. The average Bonchev–Trinajstić information content (AvgIpc) is 2.02. The Morgan fingerprint density at radius 1 is 1.43 bits per heavy atom. The van der Waals surface area contributed by atoms with E-state index in [0.29, 0.717) is 6.42 Å². The summed E-state index contributed by atoms with van der Waals surface area (Å²) in [6, 6.07) is 0. The summed E-state index contributed by atoms with van der Waals surface area (Å²) in [4.78, 5) is 0. The Kier molecular flexibility index (Phi) is 4.61. The molecule has 1 aliphatic carbocycles. The second kappa shape index (κ2) is 5.09. The van der Waals surface area contributed by atoms with Crippen molar-refractivity contribution >= 4 is 34.8 Å². The summed E-state index contributed by atoms with van der Waals surface area (Å²) in [5.74, 6) is 2.24. The van der Waals surface area contributed by atoms with Crippen molar-refractivity contribution < 1.29 is 0 Å². The van der Waals surface area contributed by atoms with Gasteiger partial charge in [0.05, 0.1) is 0 Å². The predicted molar refractivity (Wildman–Crippen MR) is 64.9 cm³/mol. The molecule has 0 saturated heterocycles. The highest BCUT2D eigenvalue weighted by molar-refractivity contribution is 6.67. The minimum atomic E-state index is -1.12. The molecule has 0 amide bonds. The van der Waals surface area contributed by atoms with Crippen LogP contribution in [0.4, 0.5) is 0 Å². The molecule has 0 aliphatic heterocycles. The zero-order chi connectivity index (χ0) is 10.8. The van der Waals surface area contributed by atoms with Gasteiger partial charge in [-0.25, -0.2) is 0 Å². The molecule has 0 aromatic heterocycles. The number of halogens is 3. The predicted octanol–water partition coefficient (Wildman–Crippen LogP) is 5.09. The van der Waals surface area contributed by atoms with E-state index in [1.807, 2.05) is 0 Å². The summed E-state index contributed by atoms with van der Waals surface area (Å²) in [5.41, 5.74) is 1.29. The molecule has 1 unspecified atom stereocenters. The van der Waals surface area contributed by atoms with Crippen molar-refractivity contribution in [2.24, 2.45) is 5.92 Å². The second-order valence-corrected chi connectivity index (χ2v) is 6.72. The fourth-order valence-corrected chi connectivity index (χ4v) is 2.35. The maximum absolute atomic E-state index is 5.75. The van der Waals surface area contributed by atoms with Crippen LogP contribution in [0.15, 0.2) is 11.6 Å². The molecule has 0 fully saturated rings. The van der Waals surface area contributed by atoms with Crippen LogP contribution in [0.5, 0.6) is 0 Å². The molecule has 81 valence electrons. The quantitative estimate of drug-likeness (QED) is 0.476. The molecule has 0 saturated carbocycles. The molecule has 1 radical (unpaired) electrons. The van der Waals surface area contributed by atoms with Gasteiger partial charge in [-0.3, -0.25) is 0 Å². The Morgan fingerprint density at radius 2 is 2.07 bits per heavy atom. The van der Waals surface area contributed by atoms with Gasteiger partial charge in [0.25, 0.3) is 0 Å². The molecular formula is C11H16Cl3. The fraction of sp³-hybridized carbons (Fsp3) is 0.727. The topological polar surface area (TPSA) is 0 Å². The highest BCUT2D eigenvalue weighted by atomic mass is 35.6. The molecular weight excluding hydrogens is 238 g/mol. The standard InChI is InChI=1S/C11H16Cl3/c1-8(2)10-5-3-9(4-6-10)7-11(12,13)14/h3,10H,4-7H2,1-2H3. The first-order chi connectivity index (χ1) is 6.38. The van der Waals surface area contributed by atoms with Crippen molar-refractivity contribution in [2.75, 3.05) is 0 Å². The summed E-state index contributed by atoms with van der Waals surface area (Å²) in [5, 5.41) is 0. The summed E-state index contributed by atoms with van der Waals surface area (Å²) >= 11 is 17.3. The van der Waals surface area contributed by atoms with Gasteiger partial charge in [-0.05, 0) is 31.1 Å². The molecule has 0 bridgehead atoms. The maximum Gasteiger partial charge on any atom is 0.194 e. The smallest absolute Gasteiger partial charge is 0.0849 e. The van der Waals surface area contributed by atoms with Gasteiger partial charge in [0, 0.05) is 6.42 Å². The van der Waals surface area contributed by atoms with E-state index in [2.05, 4.69) is 19.9 Å². The molecule has 0 heterocycles. The van der Waals surface area contributed by atoms with E-state index in [1.165, 1.54) is 17.9 Å². The Morgan fingerprint density at radius 3 is 2.43 bits per heavy atom. The lowest BCUT2D eigenvalue weighted by atomic mass is 9.82. The van der Waals surface area contributed by atoms with E-state index < -0.39 is 3.79 Å². The van der Waals surface area contributed by atoms with Crippen LogP contribution in [0.3, 0.4) is 0 Å². The SMILES string of the molecule is C[C](C)C1CC=C(CC(Cl)(Cl)Cl)CC1. The van der Waals surface area contributed by atoms with E-state index in [0.717, 1.165) is 18.8 Å². The number of allylic oxidation sites excluding steroid dienone is 2. The summed E-state index contributed by atoms with van der Waals surface area (Å²) in [7, 11) is 0. The molecule has 0 spiro atoms. The lowest BCUT2D eigenvalue weighted by Gasteiger charge is -2.25. The Bertz CT molecular complexity index is 213. The Labute approximate surface area is 102 Å². The van der Waals surface area contributed by atoms with Crippen LogP contribution in [-0.4, -0.2) is 3.79 Å². The van der Waals surface area contributed by atoms with E-state index in [1.54, 1.807) is 0 Å². The molecule has 1 aliphatic rings. The zero-order valence-corrected chi connectivity index (χ0v) is 10.9. The molecule has 14 heavy (non-hydrogen) atoms. The molecule has 0 aromatic rings. The number of hydrogen-bond donors (Lipinski definition) is 0. The van der Waals surface area contributed by atoms with Crippen molar-refractivity contribution in [2.45, 2.75) is 43.3 Å². The third kappa shape index (κ3) is 4.42. The summed E-state index contributed by atoms with van der Waals surface area (Å²) in [6.45, 7) is 4.39. The first-order valence-electron chi connectivity index (χ1n) is 4.93. The van der Waals surface area contributed by atoms with E-state index in [9.17, 15) is 0 Å². The van der Waals surface area contributed by atoms with E-state index in [4.69, 9.17) is 34.8 Å². The minimum Gasteiger partial charge on any atom is -0.0849 e. The first-order valence-corrected chi connectivity index (χ1v) is 6.06. The van der Waals surface area contributed by atoms with Crippen molar-refractivity contribution in [3.05, 3.63) is 17.6 Å². The highest BCUT2D eigenvalue weighted by Gasteiger charge is 2.24. The lowest BCUT2D eigenvalue weighted by molar-refractivity contribution is 0.482. The monoisotopic (exact) mass is 253 g/mol. The summed E-state index contributed by atoms with van der Waals surface area (Å²) in [6.07, 6.45) is 6.20. The van der Waals surface area contributed by atoms with Crippen LogP contribution >= 0.6 is 34.8 Å². The van der Waals surface area contributed by atoms with Crippen LogP contribution in [0.25, 0.3) is 0 Å². The largest absolute Gasteiger partial charge is 0.194 e. The highest BCUT2D eigenvalue weighted by Crippen LogP contribution is 2.38. The molecule has 0 nitrogen and oxygen atoms in total.